The number of methoxy groups -OCH3 is 1. The van der Waals surface area contributed by atoms with Gasteiger partial charge >= 0.3 is 0 Å². The SMILES string of the molecule is COc1ccc(C(N)c2occc2C)c2ccccc12. The van der Waals surface area contributed by atoms with E-state index < -0.39 is 0 Å². The summed E-state index contributed by atoms with van der Waals surface area (Å²) >= 11 is 0. The van der Waals surface area contributed by atoms with Crippen LogP contribution in [0.25, 0.3) is 10.8 Å². The van der Waals surface area contributed by atoms with Crippen molar-refractivity contribution in [3.63, 3.8) is 0 Å². The molecule has 1 aromatic heterocycles. The number of ether oxygens (including phenoxy) is 1. The van der Waals surface area contributed by atoms with Crippen LogP contribution >= 0.6 is 0 Å². The van der Waals surface area contributed by atoms with Gasteiger partial charge in [0.25, 0.3) is 0 Å². The molecule has 0 bridgehead atoms. The molecule has 1 heterocycles. The number of hydrogen-bond acceptors (Lipinski definition) is 3. The fourth-order valence-corrected chi connectivity index (χ4v) is 2.59. The second kappa shape index (κ2) is 5.02. The molecule has 2 N–H and O–H groups in total. The predicted molar refractivity (Wildman–Crippen MR) is 80.0 cm³/mol. The third kappa shape index (κ3) is 1.96. The maximum atomic E-state index is 6.38. The van der Waals surface area contributed by atoms with Gasteiger partial charge in [0.05, 0.1) is 19.4 Å². The highest BCUT2D eigenvalue weighted by Gasteiger charge is 2.18. The fourth-order valence-electron chi connectivity index (χ4n) is 2.59. The van der Waals surface area contributed by atoms with Gasteiger partial charge < -0.3 is 14.9 Å². The minimum atomic E-state index is -0.277. The van der Waals surface area contributed by atoms with Crippen LogP contribution in [0, 0.1) is 6.92 Å². The third-order valence-electron chi connectivity index (χ3n) is 3.66. The Bertz CT molecular complexity index is 746. The molecule has 2 aromatic carbocycles. The molecule has 0 aliphatic carbocycles. The van der Waals surface area contributed by atoms with E-state index in [1.54, 1.807) is 13.4 Å². The van der Waals surface area contributed by atoms with Crippen molar-refractivity contribution >= 4 is 10.8 Å². The zero-order chi connectivity index (χ0) is 14.1. The lowest BCUT2D eigenvalue weighted by Gasteiger charge is -2.15. The van der Waals surface area contributed by atoms with Crippen LogP contribution in [0.5, 0.6) is 5.75 Å². The van der Waals surface area contributed by atoms with Gasteiger partial charge in [-0.3, -0.25) is 0 Å². The van der Waals surface area contributed by atoms with Crippen molar-refractivity contribution in [2.75, 3.05) is 7.11 Å². The summed E-state index contributed by atoms with van der Waals surface area (Å²) in [5, 5.41) is 2.15. The topological polar surface area (TPSA) is 48.4 Å². The van der Waals surface area contributed by atoms with E-state index in [1.807, 2.05) is 43.3 Å². The Morgan fingerprint density at radius 2 is 1.80 bits per heavy atom. The lowest BCUT2D eigenvalue weighted by molar-refractivity contribution is 0.419. The van der Waals surface area contributed by atoms with Crippen molar-refractivity contribution in [1.82, 2.24) is 0 Å². The first kappa shape index (κ1) is 12.8. The van der Waals surface area contributed by atoms with Gasteiger partial charge in [-0.05, 0) is 35.6 Å². The summed E-state index contributed by atoms with van der Waals surface area (Å²) < 4.78 is 10.9. The smallest absolute Gasteiger partial charge is 0.127 e. The van der Waals surface area contributed by atoms with Crippen LogP contribution in [0.2, 0.25) is 0 Å². The minimum absolute atomic E-state index is 0.277. The van der Waals surface area contributed by atoms with Crippen LogP contribution in [-0.4, -0.2) is 7.11 Å². The van der Waals surface area contributed by atoms with Crippen LogP contribution in [0.15, 0.2) is 53.1 Å². The molecular weight excluding hydrogens is 250 g/mol. The van der Waals surface area contributed by atoms with E-state index in [1.165, 1.54) is 0 Å². The Kier molecular flexibility index (Phi) is 3.20. The Morgan fingerprint density at radius 3 is 2.45 bits per heavy atom. The lowest BCUT2D eigenvalue weighted by Crippen LogP contribution is -2.12. The van der Waals surface area contributed by atoms with Crippen LogP contribution < -0.4 is 10.5 Å². The number of rotatable bonds is 3. The maximum absolute atomic E-state index is 6.38. The van der Waals surface area contributed by atoms with E-state index >= 15 is 0 Å². The molecule has 0 fully saturated rings. The Morgan fingerprint density at radius 1 is 1.05 bits per heavy atom. The van der Waals surface area contributed by atoms with Crippen LogP contribution in [0.1, 0.15) is 22.9 Å². The quantitative estimate of drug-likeness (QED) is 0.785. The minimum Gasteiger partial charge on any atom is -0.496 e. The van der Waals surface area contributed by atoms with Crippen molar-refractivity contribution in [2.45, 2.75) is 13.0 Å². The summed E-state index contributed by atoms with van der Waals surface area (Å²) in [4.78, 5) is 0. The van der Waals surface area contributed by atoms with E-state index in [0.717, 1.165) is 33.4 Å². The number of aryl methyl sites for hydroxylation is 1. The number of nitrogens with two attached hydrogens (primary N) is 1. The molecule has 3 nitrogen and oxygen atoms in total. The predicted octanol–water partition coefficient (Wildman–Crippen LogP) is 3.80. The van der Waals surface area contributed by atoms with Gasteiger partial charge in [-0.2, -0.15) is 0 Å². The van der Waals surface area contributed by atoms with Gasteiger partial charge in [0.15, 0.2) is 0 Å². The average Bonchev–Trinajstić information content (AvgIpc) is 2.91. The first-order chi connectivity index (χ1) is 9.72. The molecule has 0 saturated heterocycles. The number of hydrogen-bond donors (Lipinski definition) is 1. The summed E-state index contributed by atoms with van der Waals surface area (Å²) in [6.45, 7) is 2.00. The van der Waals surface area contributed by atoms with Gasteiger partial charge in [0.2, 0.25) is 0 Å². The molecule has 3 rings (SSSR count). The molecule has 1 atom stereocenters. The van der Waals surface area contributed by atoms with Crippen molar-refractivity contribution in [3.8, 4) is 5.75 Å². The summed E-state index contributed by atoms with van der Waals surface area (Å²) in [6, 6.07) is 13.7. The Labute approximate surface area is 118 Å². The van der Waals surface area contributed by atoms with Gasteiger partial charge in [0.1, 0.15) is 11.5 Å². The second-order valence-electron chi connectivity index (χ2n) is 4.85. The van der Waals surface area contributed by atoms with Gasteiger partial charge in [-0.25, -0.2) is 0 Å². The number of furan rings is 1. The average molecular weight is 267 g/mol. The van der Waals surface area contributed by atoms with E-state index in [4.69, 9.17) is 14.9 Å². The summed E-state index contributed by atoms with van der Waals surface area (Å²) in [7, 11) is 1.68. The first-order valence-electron chi connectivity index (χ1n) is 6.57. The Hall–Kier alpha value is -2.26. The molecule has 0 amide bonds. The van der Waals surface area contributed by atoms with Gasteiger partial charge in [-0.1, -0.05) is 30.3 Å². The molecule has 102 valence electrons. The normalized spacial score (nSPS) is 12.6. The number of fused-ring (bicyclic) bond motifs is 1. The summed E-state index contributed by atoms with van der Waals surface area (Å²) in [6.07, 6.45) is 1.68. The summed E-state index contributed by atoms with van der Waals surface area (Å²) in [5.41, 5.74) is 8.49. The molecule has 20 heavy (non-hydrogen) atoms. The highest BCUT2D eigenvalue weighted by atomic mass is 16.5. The maximum Gasteiger partial charge on any atom is 0.127 e. The zero-order valence-electron chi connectivity index (χ0n) is 11.6. The van der Waals surface area contributed by atoms with Crippen LogP contribution in [0.3, 0.4) is 0 Å². The van der Waals surface area contributed by atoms with Crippen LogP contribution in [0.4, 0.5) is 0 Å². The first-order valence-corrected chi connectivity index (χ1v) is 6.57. The lowest BCUT2D eigenvalue weighted by atomic mass is 9.96. The van der Waals surface area contributed by atoms with E-state index in [-0.39, 0.29) is 6.04 Å². The van der Waals surface area contributed by atoms with Crippen molar-refractivity contribution in [2.24, 2.45) is 5.73 Å². The standard InChI is InChI=1S/C17H17NO2/c1-11-9-10-20-17(11)16(18)14-7-8-15(19-2)13-6-4-3-5-12(13)14/h3-10,16H,18H2,1-2H3. The molecule has 3 heteroatoms. The van der Waals surface area contributed by atoms with Crippen molar-refractivity contribution in [1.29, 1.82) is 0 Å². The second-order valence-corrected chi connectivity index (χ2v) is 4.85. The molecular formula is C17H17NO2. The van der Waals surface area contributed by atoms with Crippen LogP contribution in [-0.2, 0) is 0 Å². The van der Waals surface area contributed by atoms with E-state index in [2.05, 4.69) is 6.07 Å². The fraction of sp³-hybridized carbons (Fsp3) is 0.176. The molecule has 0 saturated carbocycles. The van der Waals surface area contributed by atoms with Crippen molar-refractivity contribution < 1.29 is 9.15 Å². The van der Waals surface area contributed by atoms with Crippen molar-refractivity contribution in [3.05, 3.63) is 65.6 Å². The number of benzene rings is 2. The summed E-state index contributed by atoms with van der Waals surface area (Å²) in [5.74, 6) is 1.66. The van der Waals surface area contributed by atoms with E-state index in [0.29, 0.717) is 0 Å². The molecule has 3 aromatic rings. The molecule has 0 aliphatic heterocycles. The monoisotopic (exact) mass is 267 g/mol. The van der Waals surface area contributed by atoms with Gasteiger partial charge in [-0.15, -0.1) is 0 Å². The highest BCUT2D eigenvalue weighted by molar-refractivity contribution is 5.91. The largest absolute Gasteiger partial charge is 0.496 e. The third-order valence-corrected chi connectivity index (χ3v) is 3.66. The molecule has 1 unspecified atom stereocenters. The van der Waals surface area contributed by atoms with Gasteiger partial charge in [0, 0.05) is 5.39 Å². The van der Waals surface area contributed by atoms with E-state index in [9.17, 15) is 0 Å². The Balaban J connectivity index is 2.20. The highest BCUT2D eigenvalue weighted by Crippen LogP contribution is 2.33. The molecule has 0 aliphatic rings. The zero-order valence-corrected chi connectivity index (χ0v) is 11.6. The molecule has 0 spiro atoms. The molecule has 0 radical (unpaired) electrons.